The Balaban J connectivity index is 1.61. The van der Waals surface area contributed by atoms with Gasteiger partial charge in [-0.15, -0.1) is 0 Å². The molecule has 1 N–H and O–H groups in total. The summed E-state index contributed by atoms with van der Waals surface area (Å²) in [6, 6.07) is 31.6. The summed E-state index contributed by atoms with van der Waals surface area (Å²) in [6.07, 6.45) is 4.34. The van der Waals surface area contributed by atoms with Gasteiger partial charge in [-0.1, -0.05) is 138 Å². The van der Waals surface area contributed by atoms with Gasteiger partial charge < -0.3 is 14.3 Å². The van der Waals surface area contributed by atoms with Gasteiger partial charge in [-0.2, -0.15) is 0 Å². The van der Waals surface area contributed by atoms with Crippen LogP contribution in [0.1, 0.15) is 46.6 Å². The lowest BCUT2D eigenvalue weighted by molar-refractivity contribution is 0.0833. The van der Waals surface area contributed by atoms with Crippen LogP contribution in [0.4, 0.5) is 0 Å². The van der Waals surface area contributed by atoms with Gasteiger partial charge in [0.15, 0.2) is 0 Å². The van der Waals surface area contributed by atoms with Gasteiger partial charge in [-0.3, -0.25) is 0 Å². The molecule has 37 heavy (non-hydrogen) atoms. The van der Waals surface area contributed by atoms with Crippen molar-refractivity contribution in [1.29, 1.82) is 0 Å². The molecular weight excluding hydrogens is 472 g/mol. The van der Waals surface area contributed by atoms with Gasteiger partial charge in [-0.25, -0.2) is 0 Å². The van der Waals surface area contributed by atoms with Crippen LogP contribution in [0.2, 0.25) is 5.04 Å². The third-order valence-corrected chi connectivity index (χ3v) is 12.0. The van der Waals surface area contributed by atoms with Gasteiger partial charge in [0.25, 0.3) is 8.32 Å². The summed E-state index contributed by atoms with van der Waals surface area (Å²) in [5, 5.41) is 13.2. The molecule has 0 spiro atoms. The Kier molecular flexibility index (Phi) is 10.9. The topological polar surface area (TPSA) is 38.7 Å². The normalized spacial score (nSPS) is 15.0. The molecule has 3 aromatic rings. The van der Waals surface area contributed by atoms with Crippen LogP contribution >= 0.6 is 0 Å². The summed E-state index contributed by atoms with van der Waals surface area (Å²) in [6.45, 7) is 13.0. The largest absolute Gasteiger partial charge is 0.407 e. The van der Waals surface area contributed by atoms with Gasteiger partial charge in [0.2, 0.25) is 0 Å². The van der Waals surface area contributed by atoms with E-state index in [2.05, 4.69) is 113 Å². The molecule has 0 saturated carbocycles. The predicted octanol–water partition coefficient (Wildman–Crippen LogP) is 6.36. The monoisotopic (exact) mass is 516 g/mol. The molecule has 1 unspecified atom stereocenters. The van der Waals surface area contributed by atoms with Crippen LogP contribution in [-0.2, 0) is 15.8 Å². The Bertz CT molecular complexity index is 1020. The molecule has 0 aliphatic rings. The van der Waals surface area contributed by atoms with E-state index >= 15 is 0 Å². The van der Waals surface area contributed by atoms with Gasteiger partial charge in [0.05, 0.1) is 12.7 Å². The third-order valence-electron chi connectivity index (χ3n) is 7.03. The number of aliphatic hydroxyl groups excluding tert-OH is 1. The average Bonchev–Trinajstić information content (AvgIpc) is 2.91. The summed E-state index contributed by atoms with van der Waals surface area (Å²) in [5.41, 5.74) is 1.17. The maximum atomic E-state index is 10.7. The summed E-state index contributed by atoms with van der Waals surface area (Å²) in [7, 11) is -2.55. The number of ether oxygens (including phenoxy) is 1. The molecule has 0 aliphatic carbocycles. The molecule has 4 heteroatoms. The zero-order valence-electron chi connectivity index (χ0n) is 23.1. The Labute approximate surface area is 225 Å². The number of hydrogen-bond acceptors (Lipinski definition) is 3. The summed E-state index contributed by atoms with van der Waals surface area (Å²) in [4.78, 5) is 0. The van der Waals surface area contributed by atoms with Crippen molar-refractivity contribution < 1.29 is 14.3 Å². The maximum absolute atomic E-state index is 10.7. The van der Waals surface area contributed by atoms with E-state index in [1.165, 1.54) is 15.9 Å². The van der Waals surface area contributed by atoms with E-state index < -0.39 is 14.4 Å². The molecule has 0 radical (unpaired) electrons. The highest BCUT2D eigenvalue weighted by Crippen LogP contribution is 2.37. The van der Waals surface area contributed by atoms with Crippen LogP contribution in [0.3, 0.4) is 0 Å². The van der Waals surface area contributed by atoms with Crippen molar-refractivity contribution >= 4 is 18.7 Å². The highest BCUT2D eigenvalue weighted by molar-refractivity contribution is 6.99. The van der Waals surface area contributed by atoms with Crippen LogP contribution in [0.5, 0.6) is 0 Å². The molecule has 0 amide bonds. The van der Waals surface area contributed by atoms with E-state index in [0.29, 0.717) is 19.8 Å². The first-order valence-electron chi connectivity index (χ1n) is 13.5. The Morgan fingerprint density at radius 3 is 1.81 bits per heavy atom. The SMILES string of the molecule is C[C@H](CCOCc1ccccc1)C(O)/C=C/[C@H](C)CO[Si](c1ccccc1)(c1ccccc1)C(C)(C)C. The minimum absolute atomic E-state index is 0.0487. The molecular formula is C33H44O3Si. The number of benzene rings is 3. The van der Waals surface area contributed by atoms with Crippen LogP contribution in [0.15, 0.2) is 103 Å². The summed E-state index contributed by atoms with van der Waals surface area (Å²) >= 11 is 0. The van der Waals surface area contributed by atoms with E-state index in [-0.39, 0.29) is 16.9 Å². The van der Waals surface area contributed by atoms with Gasteiger partial charge in [0.1, 0.15) is 0 Å². The van der Waals surface area contributed by atoms with Crippen molar-refractivity contribution in [3.63, 3.8) is 0 Å². The molecule has 0 aromatic heterocycles. The number of hydrogen-bond donors (Lipinski definition) is 1. The number of rotatable bonds is 13. The first kappa shape index (κ1) is 29.1. The second-order valence-corrected chi connectivity index (χ2v) is 15.4. The minimum Gasteiger partial charge on any atom is -0.407 e. The lowest BCUT2D eigenvalue weighted by Gasteiger charge is -2.43. The van der Waals surface area contributed by atoms with Gasteiger partial charge in [0, 0.05) is 13.2 Å². The quantitative estimate of drug-likeness (QED) is 0.163. The van der Waals surface area contributed by atoms with Crippen molar-refractivity contribution in [2.75, 3.05) is 13.2 Å². The zero-order valence-corrected chi connectivity index (χ0v) is 24.1. The van der Waals surface area contributed by atoms with Crippen molar-refractivity contribution in [3.8, 4) is 0 Å². The maximum Gasteiger partial charge on any atom is 0.261 e. The Morgan fingerprint density at radius 1 is 0.784 bits per heavy atom. The summed E-state index contributed by atoms with van der Waals surface area (Å²) < 4.78 is 12.8. The molecule has 0 bridgehead atoms. The van der Waals surface area contributed by atoms with Crippen LogP contribution in [0, 0.1) is 11.8 Å². The van der Waals surface area contributed by atoms with Crippen LogP contribution in [-0.4, -0.2) is 32.7 Å². The third kappa shape index (κ3) is 7.99. The fourth-order valence-corrected chi connectivity index (χ4v) is 9.44. The Morgan fingerprint density at radius 2 is 1.30 bits per heavy atom. The lowest BCUT2D eigenvalue weighted by Crippen LogP contribution is -2.66. The van der Waals surface area contributed by atoms with E-state index in [4.69, 9.17) is 9.16 Å². The van der Waals surface area contributed by atoms with Crippen molar-refractivity contribution in [3.05, 3.63) is 109 Å². The molecule has 0 heterocycles. The molecule has 3 atom stereocenters. The fraction of sp³-hybridized carbons (Fsp3) is 0.394. The smallest absolute Gasteiger partial charge is 0.261 e. The fourth-order valence-electron chi connectivity index (χ4n) is 4.77. The van der Waals surface area contributed by atoms with E-state index in [1.54, 1.807) is 0 Å². The molecule has 198 valence electrons. The van der Waals surface area contributed by atoms with Crippen molar-refractivity contribution in [2.45, 2.75) is 58.8 Å². The second kappa shape index (κ2) is 13.9. The molecule has 0 fully saturated rings. The average molecular weight is 517 g/mol. The summed E-state index contributed by atoms with van der Waals surface area (Å²) in [5.74, 6) is 0.301. The first-order chi connectivity index (χ1) is 17.7. The molecule has 3 rings (SSSR count). The zero-order chi connectivity index (χ0) is 26.7. The Hall–Kier alpha value is -2.50. The second-order valence-electron chi connectivity index (χ2n) is 11.1. The molecule has 0 saturated heterocycles. The predicted molar refractivity (Wildman–Crippen MR) is 158 cm³/mol. The lowest BCUT2D eigenvalue weighted by atomic mass is 10.00. The minimum atomic E-state index is -2.55. The van der Waals surface area contributed by atoms with Gasteiger partial charge >= 0.3 is 0 Å². The standard InChI is InChI=1S/C33H44O3Si/c1-27(21-22-32(34)28(2)23-24-35-26-29-15-9-6-10-16-29)25-36-37(33(3,4)5,30-17-11-7-12-18-30)31-19-13-8-14-20-31/h6-22,27-28,32,34H,23-26H2,1-5H3/b22-21+/t27-,28+,32?/m0/s1. The van der Waals surface area contributed by atoms with Crippen molar-refractivity contribution in [1.82, 2.24) is 0 Å². The highest BCUT2D eigenvalue weighted by Gasteiger charge is 2.50. The molecule has 3 aromatic carbocycles. The van der Waals surface area contributed by atoms with Crippen LogP contribution < -0.4 is 10.4 Å². The van der Waals surface area contributed by atoms with Crippen molar-refractivity contribution in [2.24, 2.45) is 11.8 Å². The first-order valence-corrected chi connectivity index (χ1v) is 15.4. The highest BCUT2D eigenvalue weighted by atomic mass is 28.4. The van der Waals surface area contributed by atoms with E-state index in [9.17, 15) is 5.11 Å². The van der Waals surface area contributed by atoms with Gasteiger partial charge in [-0.05, 0) is 39.2 Å². The number of aliphatic hydroxyl groups is 1. The van der Waals surface area contributed by atoms with E-state index in [0.717, 1.165) is 6.42 Å². The van der Waals surface area contributed by atoms with Crippen LogP contribution in [0.25, 0.3) is 0 Å². The molecule has 3 nitrogen and oxygen atoms in total. The molecule has 0 aliphatic heterocycles. The van der Waals surface area contributed by atoms with E-state index in [1.807, 2.05) is 24.3 Å².